The summed E-state index contributed by atoms with van der Waals surface area (Å²) in [5.74, 6) is -0.358. The van der Waals surface area contributed by atoms with Gasteiger partial charge < -0.3 is 10.6 Å². The molecule has 1 aromatic heterocycles. The third-order valence-electron chi connectivity index (χ3n) is 4.02. The number of para-hydroxylation sites is 1. The Labute approximate surface area is 159 Å². The molecule has 0 radical (unpaired) electrons. The second kappa shape index (κ2) is 7.67. The van der Waals surface area contributed by atoms with Gasteiger partial charge in [-0.25, -0.2) is 9.97 Å². The number of benzene rings is 2. The van der Waals surface area contributed by atoms with Crippen LogP contribution in [0.15, 0.2) is 54.9 Å². The summed E-state index contributed by atoms with van der Waals surface area (Å²) in [5, 5.41) is 5.34. The zero-order valence-electron chi connectivity index (χ0n) is 15.1. The number of amides is 1. The summed E-state index contributed by atoms with van der Waals surface area (Å²) in [4.78, 5) is 20.4. The van der Waals surface area contributed by atoms with Gasteiger partial charge in [-0.15, -0.1) is 0 Å². The van der Waals surface area contributed by atoms with Crippen molar-refractivity contribution in [2.45, 2.75) is 20.0 Å². The number of hydrogen-bond donors (Lipinski definition) is 2. The Kier molecular flexibility index (Phi) is 5.30. The average Bonchev–Trinajstić information content (AvgIpc) is 2.65. The van der Waals surface area contributed by atoms with Gasteiger partial charge in [-0.2, -0.15) is 13.2 Å². The van der Waals surface area contributed by atoms with Crippen LogP contribution in [0, 0.1) is 13.8 Å². The maximum atomic E-state index is 13.0. The van der Waals surface area contributed by atoms with Crippen molar-refractivity contribution in [3.8, 4) is 0 Å². The Morgan fingerprint density at radius 2 is 1.71 bits per heavy atom. The minimum atomic E-state index is -4.57. The highest BCUT2D eigenvalue weighted by molar-refractivity contribution is 6.03. The highest BCUT2D eigenvalue weighted by atomic mass is 19.4. The topological polar surface area (TPSA) is 66.9 Å². The van der Waals surface area contributed by atoms with Gasteiger partial charge in [0.2, 0.25) is 0 Å². The Balaban J connectivity index is 1.75. The number of anilines is 3. The predicted octanol–water partition coefficient (Wildman–Crippen LogP) is 5.11. The van der Waals surface area contributed by atoms with Crippen molar-refractivity contribution < 1.29 is 18.0 Å². The molecule has 5 nitrogen and oxygen atoms in total. The first-order valence-corrected chi connectivity index (χ1v) is 8.38. The Morgan fingerprint density at radius 1 is 0.964 bits per heavy atom. The maximum absolute atomic E-state index is 13.0. The third kappa shape index (κ3) is 4.46. The average molecular weight is 386 g/mol. The first-order chi connectivity index (χ1) is 13.2. The summed E-state index contributed by atoms with van der Waals surface area (Å²) in [6.07, 6.45) is -2.01. The van der Waals surface area contributed by atoms with Gasteiger partial charge in [-0.05, 0) is 43.2 Å². The van der Waals surface area contributed by atoms with Crippen LogP contribution in [-0.4, -0.2) is 15.9 Å². The smallest absolute Gasteiger partial charge is 0.339 e. The van der Waals surface area contributed by atoms with Gasteiger partial charge >= 0.3 is 6.18 Å². The predicted molar refractivity (Wildman–Crippen MR) is 101 cm³/mol. The molecule has 0 unspecified atom stereocenters. The van der Waals surface area contributed by atoms with E-state index in [0.717, 1.165) is 22.9 Å². The molecule has 0 aliphatic rings. The van der Waals surface area contributed by atoms with Crippen LogP contribution in [0.4, 0.5) is 30.4 Å². The largest absolute Gasteiger partial charge is 0.418 e. The van der Waals surface area contributed by atoms with E-state index in [0.29, 0.717) is 5.82 Å². The van der Waals surface area contributed by atoms with E-state index in [9.17, 15) is 18.0 Å². The number of rotatable bonds is 4. The van der Waals surface area contributed by atoms with Crippen LogP contribution in [0.2, 0.25) is 0 Å². The number of alkyl halides is 3. The molecule has 0 aliphatic heterocycles. The molecule has 1 heterocycles. The van der Waals surface area contributed by atoms with Crippen LogP contribution in [0.5, 0.6) is 0 Å². The van der Waals surface area contributed by atoms with E-state index < -0.39 is 17.6 Å². The summed E-state index contributed by atoms with van der Waals surface area (Å²) in [6, 6.07) is 10.7. The zero-order valence-corrected chi connectivity index (χ0v) is 15.1. The van der Waals surface area contributed by atoms with E-state index in [2.05, 4.69) is 20.6 Å². The quantitative estimate of drug-likeness (QED) is 0.654. The summed E-state index contributed by atoms with van der Waals surface area (Å²) < 4.78 is 39.1. The minimum Gasteiger partial charge on any atom is -0.339 e. The van der Waals surface area contributed by atoms with Crippen molar-refractivity contribution >= 4 is 23.1 Å². The Bertz CT molecular complexity index is 1000. The lowest BCUT2D eigenvalue weighted by molar-refractivity contribution is -0.136. The number of aryl methyl sites for hydroxylation is 2. The number of aromatic nitrogens is 2. The molecule has 0 fully saturated rings. The lowest BCUT2D eigenvalue weighted by Crippen LogP contribution is -2.18. The molecule has 0 spiro atoms. The standard InChI is InChI=1S/C20H17F3N4O/c1-12-7-8-13(2)16(9-12)26-18-11-24-17(10-25-18)19(28)27-15-6-4-3-5-14(15)20(21,22)23/h3-11H,1-2H3,(H,25,26)(H,27,28). The van der Waals surface area contributed by atoms with Gasteiger partial charge in [-0.1, -0.05) is 24.3 Å². The van der Waals surface area contributed by atoms with Crippen LogP contribution in [0.1, 0.15) is 27.2 Å². The molecule has 1 amide bonds. The highest BCUT2D eigenvalue weighted by Crippen LogP contribution is 2.34. The molecule has 8 heteroatoms. The van der Waals surface area contributed by atoms with Crippen molar-refractivity contribution in [1.29, 1.82) is 0 Å². The molecule has 0 saturated carbocycles. The molecule has 144 valence electrons. The monoisotopic (exact) mass is 386 g/mol. The van der Waals surface area contributed by atoms with Gasteiger partial charge in [0, 0.05) is 5.69 Å². The van der Waals surface area contributed by atoms with E-state index in [4.69, 9.17) is 0 Å². The van der Waals surface area contributed by atoms with Gasteiger partial charge in [0.05, 0.1) is 23.6 Å². The normalized spacial score (nSPS) is 11.2. The molecule has 0 saturated heterocycles. The SMILES string of the molecule is Cc1ccc(C)c(Nc2cnc(C(=O)Nc3ccccc3C(F)(F)F)cn2)c1. The molecule has 28 heavy (non-hydrogen) atoms. The lowest BCUT2D eigenvalue weighted by atomic mass is 10.1. The van der Waals surface area contributed by atoms with Crippen molar-refractivity contribution in [1.82, 2.24) is 9.97 Å². The van der Waals surface area contributed by atoms with Crippen LogP contribution in [-0.2, 0) is 6.18 Å². The first kappa shape index (κ1) is 19.3. The van der Waals surface area contributed by atoms with E-state index in [1.807, 2.05) is 32.0 Å². The Hall–Kier alpha value is -3.42. The second-order valence-corrected chi connectivity index (χ2v) is 6.23. The second-order valence-electron chi connectivity index (χ2n) is 6.23. The van der Waals surface area contributed by atoms with Crippen LogP contribution >= 0.6 is 0 Å². The zero-order chi connectivity index (χ0) is 20.3. The van der Waals surface area contributed by atoms with Gasteiger partial charge in [0.1, 0.15) is 11.5 Å². The number of nitrogens with zero attached hydrogens (tertiary/aromatic N) is 2. The van der Waals surface area contributed by atoms with E-state index in [1.54, 1.807) is 0 Å². The molecule has 0 bridgehead atoms. The highest BCUT2D eigenvalue weighted by Gasteiger charge is 2.33. The van der Waals surface area contributed by atoms with Gasteiger partial charge in [0.25, 0.3) is 5.91 Å². The van der Waals surface area contributed by atoms with Crippen LogP contribution in [0.3, 0.4) is 0 Å². The lowest BCUT2D eigenvalue weighted by Gasteiger charge is -2.13. The summed E-state index contributed by atoms with van der Waals surface area (Å²) >= 11 is 0. The van der Waals surface area contributed by atoms with Crippen molar-refractivity contribution in [3.05, 3.63) is 77.2 Å². The molecule has 2 aromatic carbocycles. The van der Waals surface area contributed by atoms with Crippen molar-refractivity contribution in [2.75, 3.05) is 10.6 Å². The number of nitrogens with one attached hydrogen (secondary N) is 2. The minimum absolute atomic E-state index is 0.0940. The number of carbonyl (C=O) groups is 1. The summed E-state index contributed by atoms with van der Waals surface area (Å²) in [5.41, 5.74) is 1.58. The van der Waals surface area contributed by atoms with Crippen molar-refractivity contribution in [2.24, 2.45) is 0 Å². The van der Waals surface area contributed by atoms with Gasteiger partial charge in [-0.3, -0.25) is 4.79 Å². The molecule has 0 aliphatic carbocycles. The number of halogens is 3. The third-order valence-corrected chi connectivity index (χ3v) is 4.02. The summed E-state index contributed by atoms with van der Waals surface area (Å²) in [7, 11) is 0. The molecule has 3 aromatic rings. The molecular weight excluding hydrogens is 369 g/mol. The van der Waals surface area contributed by atoms with E-state index in [1.165, 1.54) is 30.6 Å². The Morgan fingerprint density at radius 3 is 2.39 bits per heavy atom. The van der Waals surface area contributed by atoms with E-state index >= 15 is 0 Å². The van der Waals surface area contributed by atoms with Crippen LogP contribution in [0.25, 0.3) is 0 Å². The molecule has 3 rings (SSSR count). The summed E-state index contributed by atoms with van der Waals surface area (Å²) in [6.45, 7) is 3.90. The number of carbonyl (C=O) groups excluding carboxylic acids is 1. The number of hydrogen-bond acceptors (Lipinski definition) is 4. The molecular formula is C20H17F3N4O. The fraction of sp³-hybridized carbons (Fsp3) is 0.150. The first-order valence-electron chi connectivity index (χ1n) is 8.38. The molecule has 2 N–H and O–H groups in total. The maximum Gasteiger partial charge on any atom is 0.418 e. The molecule has 0 atom stereocenters. The van der Waals surface area contributed by atoms with Gasteiger partial charge in [0.15, 0.2) is 0 Å². The van der Waals surface area contributed by atoms with Crippen LogP contribution < -0.4 is 10.6 Å². The van der Waals surface area contributed by atoms with E-state index in [-0.39, 0.29) is 11.4 Å². The fourth-order valence-corrected chi connectivity index (χ4v) is 2.54. The fourth-order valence-electron chi connectivity index (χ4n) is 2.54. The van der Waals surface area contributed by atoms with Crippen molar-refractivity contribution in [3.63, 3.8) is 0 Å².